The molecular formula is C17H17F3O2. The topological polar surface area (TPSA) is 26.3 Å². The van der Waals surface area contributed by atoms with Crippen LogP contribution >= 0.6 is 0 Å². The van der Waals surface area contributed by atoms with Gasteiger partial charge in [-0.2, -0.15) is 13.2 Å². The Bertz CT molecular complexity index is 588. The van der Waals surface area contributed by atoms with Gasteiger partial charge in [0.2, 0.25) is 0 Å². The fourth-order valence-electron chi connectivity index (χ4n) is 2.29. The van der Waals surface area contributed by atoms with Crippen molar-refractivity contribution in [3.8, 4) is 0 Å². The summed E-state index contributed by atoms with van der Waals surface area (Å²) in [4.78, 5) is 11.1. The van der Waals surface area contributed by atoms with E-state index in [1.165, 1.54) is 18.2 Å². The highest BCUT2D eigenvalue weighted by atomic mass is 19.4. The van der Waals surface area contributed by atoms with Crippen molar-refractivity contribution in [3.05, 3.63) is 59.7 Å². The molecule has 0 aromatic heterocycles. The molecule has 0 unspecified atom stereocenters. The van der Waals surface area contributed by atoms with Crippen molar-refractivity contribution in [1.82, 2.24) is 0 Å². The largest absolute Gasteiger partial charge is 0.463 e. The van der Waals surface area contributed by atoms with E-state index in [0.717, 1.165) is 12.5 Å². The molecule has 0 spiro atoms. The maximum absolute atomic E-state index is 12.7. The first-order chi connectivity index (χ1) is 10.4. The van der Waals surface area contributed by atoms with Gasteiger partial charge in [-0.15, -0.1) is 0 Å². The zero-order valence-electron chi connectivity index (χ0n) is 12.1. The number of hydrogen-bond donors (Lipinski definition) is 0. The van der Waals surface area contributed by atoms with E-state index in [9.17, 15) is 18.0 Å². The van der Waals surface area contributed by atoms with Crippen molar-refractivity contribution in [2.75, 3.05) is 6.61 Å². The summed E-state index contributed by atoms with van der Waals surface area (Å²) in [7, 11) is 0. The zero-order valence-corrected chi connectivity index (χ0v) is 12.1. The van der Waals surface area contributed by atoms with Crippen LogP contribution in [0.4, 0.5) is 13.2 Å². The number of ether oxygens (including phenoxy) is 1. The molecule has 2 rings (SSSR count). The van der Waals surface area contributed by atoms with Gasteiger partial charge in [0.05, 0.1) is 12.2 Å². The predicted molar refractivity (Wildman–Crippen MR) is 77.2 cm³/mol. The second kappa shape index (κ2) is 6.81. The van der Waals surface area contributed by atoms with E-state index in [1.54, 1.807) is 25.1 Å². The van der Waals surface area contributed by atoms with Gasteiger partial charge in [-0.25, -0.2) is 4.79 Å². The van der Waals surface area contributed by atoms with E-state index in [4.69, 9.17) is 4.74 Å². The van der Waals surface area contributed by atoms with Crippen LogP contribution in [0, 0.1) is 5.92 Å². The minimum atomic E-state index is -4.31. The molecule has 118 valence electrons. The lowest BCUT2D eigenvalue weighted by molar-refractivity contribution is -0.138. The predicted octanol–water partition coefficient (Wildman–Crippen LogP) is 4.48. The lowest BCUT2D eigenvalue weighted by Crippen LogP contribution is -2.05. The SMILES string of the molecule is CCOC(=O)/C=C/C=C/[C@@H]1C[C@@H]1c1cccc(C(F)(F)F)c1. The molecule has 2 atom stereocenters. The van der Waals surface area contributed by atoms with Gasteiger partial charge >= 0.3 is 12.1 Å². The van der Waals surface area contributed by atoms with Gasteiger partial charge in [0.15, 0.2) is 0 Å². The molecule has 0 N–H and O–H groups in total. The molecule has 22 heavy (non-hydrogen) atoms. The Kier molecular flexibility index (Phi) is 5.06. The standard InChI is InChI=1S/C17H17F3O2/c1-2-22-16(21)9-4-3-6-13-11-15(13)12-7-5-8-14(10-12)17(18,19)20/h3-10,13,15H,2,11H2,1H3/b6-3+,9-4+/t13-,15-/m1/s1. The summed E-state index contributed by atoms with van der Waals surface area (Å²) in [5.74, 6) is -0.0674. The maximum atomic E-state index is 12.7. The van der Waals surface area contributed by atoms with E-state index in [1.807, 2.05) is 6.08 Å². The first kappa shape index (κ1) is 16.3. The Hall–Kier alpha value is -2.04. The van der Waals surface area contributed by atoms with Crippen LogP contribution in [-0.4, -0.2) is 12.6 Å². The van der Waals surface area contributed by atoms with E-state index < -0.39 is 17.7 Å². The number of halogens is 3. The van der Waals surface area contributed by atoms with Gasteiger partial charge in [-0.05, 0) is 36.8 Å². The summed E-state index contributed by atoms with van der Waals surface area (Å²) >= 11 is 0. The number of carbonyl (C=O) groups is 1. The van der Waals surface area contributed by atoms with Gasteiger partial charge < -0.3 is 4.74 Å². The summed E-state index contributed by atoms with van der Waals surface area (Å²) < 4.78 is 42.7. The number of carbonyl (C=O) groups excluding carboxylic acids is 1. The summed E-state index contributed by atoms with van der Waals surface area (Å²) in [5, 5.41) is 0. The van der Waals surface area contributed by atoms with Crippen LogP contribution in [-0.2, 0) is 15.7 Å². The highest BCUT2D eigenvalue weighted by Crippen LogP contribution is 2.49. The number of alkyl halides is 3. The second-order valence-electron chi connectivity index (χ2n) is 5.13. The van der Waals surface area contributed by atoms with Crippen molar-refractivity contribution < 1.29 is 22.7 Å². The molecule has 2 nitrogen and oxygen atoms in total. The Balaban J connectivity index is 1.91. The molecule has 1 fully saturated rings. The number of rotatable bonds is 5. The monoisotopic (exact) mass is 310 g/mol. The van der Waals surface area contributed by atoms with Crippen molar-refractivity contribution in [1.29, 1.82) is 0 Å². The highest BCUT2D eigenvalue weighted by Gasteiger charge is 2.38. The van der Waals surface area contributed by atoms with Gasteiger partial charge in [0.25, 0.3) is 0 Å². The number of allylic oxidation sites excluding steroid dienone is 3. The molecule has 5 heteroatoms. The Labute approximate surface area is 127 Å². The van der Waals surface area contributed by atoms with Crippen molar-refractivity contribution in [2.24, 2.45) is 5.92 Å². The molecule has 0 radical (unpaired) electrons. The fraction of sp³-hybridized carbons (Fsp3) is 0.353. The second-order valence-corrected chi connectivity index (χ2v) is 5.13. The minimum absolute atomic E-state index is 0.120. The molecule has 1 saturated carbocycles. The molecular weight excluding hydrogens is 293 g/mol. The number of hydrogen-bond acceptors (Lipinski definition) is 2. The summed E-state index contributed by atoms with van der Waals surface area (Å²) in [6.45, 7) is 2.05. The van der Waals surface area contributed by atoms with Crippen molar-refractivity contribution in [3.63, 3.8) is 0 Å². The molecule has 1 aromatic rings. The lowest BCUT2D eigenvalue weighted by atomic mass is 10.1. The Morgan fingerprint density at radius 1 is 1.36 bits per heavy atom. The normalized spacial score (nSPS) is 21.5. The lowest BCUT2D eigenvalue weighted by Gasteiger charge is -2.08. The van der Waals surface area contributed by atoms with Gasteiger partial charge in [0, 0.05) is 6.08 Å². The summed E-state index contributed by atoms with van der Waals surface area (Å²) in [6.07, 6.45) is 3.06. The molecule has 1 aliphatic carbocycles. The third kappa shape index (κ3) is 4.48. The van der Waals surface area contributed by atoms with Crippen LogP contribution in [0.2, 0.25) is 0 Å². The molecule has 1 aromatic carbocycles. The Morgan fingerprint density at radius 3 is 2.82 bits per heavy atom. The zero-order chi connectivity index (χ0) is 16.2. The van der Waals surface area contributed by atoms with Crippen LogP contribution in [0.15, 0.2) is 48.6 Å². The minimum Gasteiger partial charge on any atom is -0.463 e. The van der Waals surface area contributed by atoms with Gasteiger partial charge in [-0.3, -0.25) is 0 Å². The Morgan fingerprint density at radius 2 is 2.14 bits per heavy atom. The van der Waals surface area contributed by atoms with Crippen LogP contribution in [0.1, 0.15) is 30.4 Å². The third-order valence-electron chi connectivity index (χ3n) is 3.47. The van der Waals surface area contributed by atoms with Crippen LogP contribution in [0.25, 0.3) is 0 Å². The van der Waals surface area contributed by atoms with E-state index in [-0.39, 0.29) is 11.8 Å². The average molecular weight is 310 g/mol. The van der Waals surface area contributed by atoms with Crippen LogP contribution < -0.4 is 0 Å². The third-order valence-corrected chi connectivity index (χ3v) is 3.47. The highest BCUT2D eigenvalue weighted by molar-refractivity contribution is 5.82. The smallest absolute Gasteiger partial charge is 0.416 e. The molecule has 0 amide bonds. The fourth-order valence-corrected chi connectivity index (χ4v) is 2.29. The van der Waals surface area contributed by atoms with E-state index in [2.05, 4.69) is 0 Å². The van der Waals surface area contributed by atoms with Gasteiger partial charge in [-0.1, -0.05) is 36.4 Å². The molecule has 0 saturated heterocycles. The molecule has 0 heterocycles. The van der Waals surface area contributed by atoms with E-state index >= 15 is 0 Å². The van der Waals surface area contributed by atoms with E-state index in [0.29, 0.717) is 12.2 Å². The van der Waals surface area contributed by atoms with Crippen molar-refractivity contribution >= 4 is 5.97 Å². The first-order valence-corrected chi connectivity index (χ1v) is 7.10. The summed E-state index contributed by atoms with van der Waals surface area (Å²) in [5.41, 5.74) is 0.0979. The molecule has 0 bridgehead atoms. The maximum Gasteiger partial charge on any atom is 0.416 e. The number of benzene rings is 1. The van der Waals surface area contributed by atoms with Gasteiger partial charge in [0.1, 0.15) is 0 Å². The average Bonchev–Trinajstić information content (AvgIpc) is 3.23. The van der Waals surface area contributed by atoms with Crippen molar-refractivity contribution in [2.45, 2.75) is 25.4 Å². The summed E-state index contributed by atoms with van der Waals surface area (Å²) in [6, 6.07) is 5.46. The first-order valence-electron chi connectivity index (χ1n) is 7.10. The van der Waals surface area contributed by atoms with Crippen LogP contribution in [0.5, 0.6) is 0 Å². The quantitative estimate of drug-likeness (QED) is 0.455. The molecule has 0 aliphatic heterocycles. The number of esters is 1. The molecule has 1 aliphatic rings. The van der Waals surface area contributed by atoms with Crippen LogP contribution in [0.3, 0.4) is 0 Å².